The lowest BCUT2D eigenvalue weighted by atomic mass is 10.2. The summed E-state index contributed by atoms with van der Waals surface area (Å²) < 4.78 is 0. The highest BCUT2D eigenvalue weighted by molar-refractivity contribution is 6.30. The maximum absolute atomic E-state index is 10.5. The van der Waals surface area contributed by atoms with E-state index in [0.29, 0.717) is 18.1 Å². The normalized spacial score (nSPS) is 9.81. The third-order valence-electron chi connectivity index (χ3n) is 2.12. The summed E-state index contributed by atoms with van der Waals surface area (Å²) in [5.74, 6) is -0.809. The van der Waals surface area contributed by atoms with E-state index in [4.69, 9.17) is 16.7 Å². The van der Waals surface area contributed by atoms with Crippen molar-refractivity contribution < 1.29 is 9.90 Å². The van der Waals surface area contributed by atoms with E-state index in [0.717, 1.165) is 5.69 Å². The van der Waals surface area contributed by atoms with Gasteiger partial charge in [-0.1, -0.05) is 23.7 Å². The van der Waals surface area contributed by atoms with Gasteiger partial charge in [-0.05, 0) is 18.2 Å². The van der Waals surface area contributed by atoms with Crippen molar-refractivity contribution in [1.82, 2.24) is 0 Å². The quantitative estimate of drug-likeness (QED) is 0.776. The fourth-order valence-corrected chi connectivity index (χ4v) is 1.57. The number of carboxylic acids is 1. The molecule has 0 aliphatic heterocycles. The second kappa shape index (κ2) is 6.18. The van der Waals surface area contributed by atoms with Gasteiger partial charge in [-0.25, -0.2) is 0 Å². The average Bonchev–Trinajstić information content (AvgIpc) is 2.24. The molecule has 0 spiro atoms. The van der Waals surface area contributed by atoms with Crippen molar-refractivity contribution in [2.75, 3.05) is 18.0 Å². The highest BCUT2D eigenvalue weighted by Crippen LogP contribution is 2.19. The second-order valence-electron chi connectivity index (χ2n) is 3.36. The van der Waals surface area contributed by atoms with E-state index in [1.54, 1.807) is 12.1 Å². The van der Waals surface area contributed by atoms with Crippen LogP contribution in [0.5, 0.6) is 0 Å². The molecule has 16 heavy (non-hydrogen) atoms. The van der Waals surface area contributed by atoms with Crippen molar-refractivity contribution in [1.29, 1.82) is 0 Å². The Balaban J connectivity index is 2.76. The Morgan fingerprint density at radius 3 is 2.88 bits per heavy atom. The minimum Gasteiger partial charge on any atom is -0.481 e. The predicted octanol–water partition coefficient (Wildman–Crippen LogP) is 2.81. The first-order valence-electron chi connectivity index (χ1n) is 4.96. The third-order valence-corrected chi connectivity index (χ3v) is 2.35. The van der Waals surface area contributed by atoms with E-state index in [-0.39, 0.29) is 6.42 Å². The monoisotopic (exact) mass is 239 g/mol. The van der Waals surface area contributed by atoms with Gasteiger partial charge in [0.05, 0.1) is 6.42 Å². The first-order valence-corrected chi connectivity index (χ1v) is 5.34. The molecule has 1 aromatic carbocycles. The Morgan fingerprint density at radius 2 is 2.31 bits per heavy atom. The molecule has 0 fully saturated rings. The SMILES string of the molecule is C=CCN(CCC(=O)O)c1cccc(Cl)c1. The van der Waals surface area contributed by atoms with E-state index < -0.39 is 5.97 Å². The van der Waals surface area contributed by atoms with Crippen LogP contribution in [0.15, 0.2) is 36.9 Å². The zero-order valence-corrected chi connectivity index (χ0v) is 9.65. The van der Waals surface area contributed by atoms with E-state index in [9.17, 15) is 4.79 Å². The van der Waals surface area contributed by atoms with Crippen molar-refractivity contribution >= 4 is 23.3 Å². The molecule has 0 aliphatic rings. The number of halogens is 1. The van der Waals surface area contributed by atoms with Gasteiger partial charge >= 0.3 is 5.97 Å². The van der Waals surface area contributed by atoms with Gasteiger partial charge in [-0.15, -0.1) is 6.58 Å². The number of benzene rings is 1. The van der Waals surface area contributed by atoms with Crippen LogP contribution in [0.3, 0.4) is 0 Å². The highest BCUT2D eigenvalue weighted by atomic mass is 35.5. The highest BCUT2D eigenvalue weighted by Gasteiger charge is 2.07. The zero-order valence-electron chi connectivity index (χ0n) is 8.90. The lowest BCUT2D eigenvalue weighted by Crippen LogP contribution is -2.26. The fourth-order valence-electron chi connectivity index (χ4n) is 1.39. The molecular weight excluding hydrogens is 226 g/mol. The molecular formula is C12H14ClNO2. The van der Waals surface area contributed by atoms with Gasteiger partial charge in [0.1, 0.15) is 0 Å². The number of carbonyl (C=O) groups is 1. The number of hydrogen-bond acceptors (Lipinski definition) is 2. The predicted molar refractivity (Wildman–Crippen MR) is 66.1 cm³/mol. The number of hydrogen-bond donors (Lipinski definition) is 1. The maximum atomic E-state index is 10.5. The van der Waals surface area contributed by atoms with Gasteiger partial charge < -0.3 is 10.0 Å². The summed E-state index contributed by atoms with van der Waals surface area (Å²) in [4.78, 5) is 12.5. The molecule has 86 valence electrons. The minimum atomic E-state index is -0.809. The molecule has 0 heterocycles. The third kappa shape index (κ3) is 3.95. The largest absolute Gasteiger partial charge is 0.481 e. The van der Waals surface area contributed by atoms with Crippen molar-refractivity contribution in [3.63, 3.8) is 0 Å². The Kier molecular flexibility index (Phi) is 4.86. The summed E-state index contributed by atoms with van der Waals surface area (Å²) in [6.45, 7) is 4.70. The van der Waals surface area contributed by atoms with E-state index >= 15 is 0 Å². The van der Waals surface area contributed by atoms with Crippen LogP contribution in [0.25, 0.3) is 0 Å². The molecule has 0 unspecified atom stereocenters. The van der Waals surface area contributed by atoms with Crippen molar-refractivity contribution in [3.8, 4) is 0 Å². The number of nitrogens with zero attached hydrogens (tertiary/aromatic N) is 1. The maximum Gasteiger partial charge on any atom is 0.305 e. The number of carboxylic acid groups (broad SMARTS) is 1. The molecule has 3 nitrogen and oxygen atoms in total. The first-order chi connectivity index (χ1) is 7.63. The van der Waals surface area contributed by atoms with E-state index in [1.165, 1.54) is 0 Å². The van der Waals surface area contributed by atoms with E-state index in [1.807, 2.05) is 23.1 Å². The zero-order chi connectivity index (χ0) is 12.0. The van der Waals surface area contributed by atoms with Crippen LogP contribution >= 0.6 is 11.6 Å². The van der Waals surface area contributed by atoms with Crippen LogP contribution in [0.4, 0.5) is 5.69 Å². The second-order valence-corrected chi connectivity index (χ2v) is 3.79. The Morgan fingerprint density at radius 1 is 1.56 bits per heavy atom. The molecule has 4 heteroatoms. The molecule has 0 aliphatic carbocycles. The molecule has 0 bridgehead atoms. The summed E-state index contributed by atoms with van der Waals surface area (Å²) in [5.41, 5.74) is 0.911. The van der Waals surface area contributed by atoms with Crippen LogP contribution in [-0.2, 0) is 4.79 Å². The van der Waals surface area contributed by atoms with Gasteiger partial charge in [-0.2, -0.15) is 0 Å². The first kappa shape index (κ1) is 12.6. The van der Waals surface area contributed by atoms with Gasteiger partial charge in [0.2, 0.25) is 0 Å². The van der Waals surface area contributed by atoms with Gasteiger partial charge in [0.15, 0.2) is 0 Å². The molecule has 0 amide bonds. The van der Waals surface area contributed by atoms with Crippen LogP contribution in [0.2, 0.25) is 5.02 Å². The smallest absolute Gasteiger partial charge is 0.305 e. The Labute approximate surface area is 100.0 Å². The molecule has 0 aromatic heterocycles. The number of anilines is 1. The van der Waals surface area contributed by atoms with Gasteiger partial charge in [0.25, 0.3) is 0 Å². The van der Waals surface area contributed by atoms with Crippen molar-refractivity contribution in [3.05, 3.63) is 41.9 Å². The summed E-state index contributed by atoms with van der Waals surface area (Å²) in [5, 5.41) is 9.29. The standard InChI is InChI=1S/C12H14ClNO2/c1-2-7-14(8-6-12(15)16)11-5-3-4-10(13)9-11/h2-5,9H,1,6-8H2,(H,15,16). The van der Waals surface area contributed by atoms with E-state index in [2.05, 4.69) is 6.58 Å². The van der Waals surface area contributed by atoms with Crippen LogP contribution in [0, 0.1) is 0 Å². The lowest BCUT2D eigenvalue weighted by molar-refractivity contribution is -0.136. The lowest BCUT2D eigenvalue weighted by Gasteiger charge is -2.22. The van der Waals surface area contributed by atoms with Crippen LogP contribution in [0.1, 0.15) is 6.42 Å². The molecule has 0 atom stereocenters. The van der Waals surface area contributed by atoms with Crippen molar-refractivity contribution in [2.45, 2.75) is 6.42 Å². The summed E-state index contributed by atoms with van der Waals surface area (Å²) in [6, 6.07) is 7.34. The molecule has 1 rings (SSSR count). The van der Waals surface area contributed by atoms with Crippen molar-refractivity contribution in [2.24, 2.45) is 0 Å². The molecule has 0 saturated heterocycles. The summed E-state index contributed by atoms with van der Waals surface area (Å²) >= 11 is 5.88. The Hall–Kier alpha value is -1.48. The summed E-state index contributed by atoms with van der Waals surface area (Å²) in [6.07, 6.45) is 1.84. The fraction of sp³-hybridized carbons (Fsp3) is 0.250. The molecule has 1 N–H and O–H groups in total. The van der Waals surface area contributed by atoms with Gasteiger partial charge in [0, 0.05) is 23.8 Å². The average molecular weight is 240 g/mol. The molecule has 0 radical (unpaired) electrons. The number of rotatable bonds is 6. The number of aliphatic carboxylic acids is 1. The van der Waals surface area contributed by atoms with Crippen LogP contribution < -0.4 is 4.90 Å². The van der Waals surface area contributed by atoms with Gasteiger partial charge in [-0.3, -0.25) is 4.79 Å². The van der Waals surface area contributed by atoms with Crippen LogP contribution in [-0.4, -0.2) is 24.2 Å². The Bertz CT molecular complexity index is 379. The molecule has 0 saturated carbocycles. The summed E-state index contributed by atoms with van der Waals surface area (Å²) in [7, 11) is 0. The topological polar surface area (TPSA) is 40.5 Å². The minimum absolute atomic E-state index is 0.0976. The molecule has 1 aromatic rings.